The Balaban J connectivity index is 0.000000581. The molecule has 3 heteroatoms. The Labute approximate surface area is 124 Å². The van der Waals surface area contributed by atoms with Gasteiger partial charge in [0.2, 0.25) is 6.56 Å². The molecule has 4 rings (SSSR count). The maximum atomic E-state index is 5.92. The molecule has 0 bridgehead atoms. The van der Waals surface area contributed by atoms with E-state index in [0.29, 0.717) is 0 Å². The summed E-state index contributed by atoms with van der Waals surface area (Å²) in [5, 5.41) is 5.29. The summed E-state index contributed by atoms with van der Waals surface area (Å²) in [4.78, 5) is 1.36. The molecule has 3 aromatic rings. The van der Waals surface area contributed by atoms with E-state index in [0.717, 1.165) is 5.69 Å². The minimum atomic E-state index is 0.833. The second-order valence-corrected chi connectivity index (χ2v) is 5.70. The quantitative estimate of drug-likeness (QED) is 0.378. The van der Waals surface area contributed by atoms with Crippen LogP contribution in [0.1, 0.15) is 19.4 Å². The van der Waals surface area contributed by atoms with E-state index < -0.39 is 0 Å². The maximum absolute atomic E-state index is 5.92. The van der Waals surface area contributed by atoms with Gasteiger partial charge in [0.05, 0.1) is 0 Å². The predicted molar refractivity (Wildman–Crippen MR) is 93.2 cm³/mol. The smallest absolute Gasteiger partial charge is 0.237 e. The van der Waals surface area contributed by atoms with Crippen molar-refractivity contribution in [2.24, 2.45) is 0 Å². The lowest BCUT2D eigenvalue weighted by Gasteiger charge is -2.09. The van der Waals surface area contributed by atoms with Crippen LogP contribution < -0.4 is 11.2 Å². The van der Waals surface area contributed by atoms with Crippen LogP contribution in [-0.2, 0) is 0 Å². The summed E-state index contributed by atoms with van der Waals surface area (Å²) in [6.07, 6.45) is 0. The van der Waals surface area contributed by atoms with E-state index in [1.54, 1.807) is 0 Å². The van der Waals surface area contributed by atoms with Gasteiger partial charge < -0.3 is 5.73 Å². The first kappa shape index (κ1) is 13.4. The largest absolute Gasteiger partial charge is 0.399 e. The molecular formula is C17H17BNS. The summed E-state index contributed by atoms with van der Waals surface area (Å²) in [7, 11) is 0. The molecule has 0 amide bonds. The average Bonchev–Trinajstić information content (AvgIpc) is 2.91. The zero-order valence-electron chi connectivity index (χ0n) is 12.0. The molecule has 99 valence electrons. The molecule has 1 aliphatic rings. The third kappa shape index (κ3) is 1.89. The molecule has 20 heavy (non-hydrogen) atoms. The minimum absolute atomic E-state index is 0.833. The first-order chi connectivity index (χ1) is 9.74. The number of rotatable bonds is 0. The molecule has 3 aromatic carbocycles. The van der Waals surface area contributed by atoms with Gasteiger partial charge in [-0.05, 0) is 52.2 Å². The molecule has 2 N–H and O–H groups in total. The highest BCUT2D eigenvalue weighted by molar-refractivity contribution is 8.24. The van der Waals surface area contributed by atoms with Crippen LogP contribution in [0.4, 0.5) is 5.69 Å². The van der Waals surface area contributed by atoms with Crippen molar-refractivity contribution in [1.29, 1.82) is 0 Å². The highest BCUT2D eigenvalue weighted by Crippen LogP contribution is 2.39. The first-order valence-electron chi connectivity index (χ1n) is 6.99. The van der Waals surface area contributed by atoms with Gasteiger partial charge in [0.25, 0.3) is 0 Å². The van der Waals surface area contributed by atoms with Gasteiger partial charge in [-0.3, -0.25) is 0 Å². The molecule has 0 aliphatic carbocycles. The predicted octanol–water partition coefficient (Wildman–Crippen LogP) is 4.26. The molecule has 0 spiro atoms. The van der Waals surface area contributed by atoms with E-state index in [-0.39, 0.29) is 0 Å². The van der Waals surface area contributed by atoms with Crippen LogP contribution in [0.2, 0.25) is 0 Å². The number of aryl methyl sites for hydroxylation is 1. The Hall–Kier alpha value is -1.61. The molecule has 1 aliphatic heterocycles. The van der Waals surface area contributed by atoms with Crippen LogP contribution in [0, 0.1) is 6.92 Å². The topological polar surface area (TPSA) is 26.0 Å². The normalized spacial score (nSPS) is 12.2. The molecule has 0 atom stereocenters. The lowest BCUT2D eigenvalue weighted by molar-refractivity contribution is 1.50. The van der Waals surface area contributed by atoms with Gasteiger partial charge in [-0.1, -0.05) is 37.5 Å². The number of benzene rings is 3. The van der Waals surface area contributed by atoms with E-state index in [4.69, 9.17) is 5.73 Å². The van der Waals surface area contributed by atoms with Gasteiger partial charge in [0.1, 0.15) is 0 Å². The Kier molecular flexibility index (Phi) is 3.39. The van der Waals surface area contributed by atoms with Crippen LogP contribution in [-0.4, -0.2) is 6.56 Å². The van der Waals surface area contributed by atoms with Gasteiger partial charge in [0, 0.05) is 10.6 Å². The van der Waals surface area contributed by atoms with Gasteiger partial charge in [-0.15, -0.1) is 0 Å². The van der Waals surface area contributed by atoms with Crippen LogP contribution >= 0.6 is 11.6 Å². The monoisotopic (exact) mass is 278 g/mol. The van der Waals surface area contributed by atoms with Crippen molar-refractivity contribution in [1.82, 2.24) is 0 Å². The fraction of sp³-hybridized carbons (Fsp3) is 0.176. The van der Waals surface area contributed by atoms with Crippen molar-refractivity contribution in [3.63, 3.8) is 0 Å². The van der Waals surface area contributed by atoms with Crippen molar-refractivity contribution in [3.8, 4) is 0 Å². The van der Waals surface area contributed by atoms with E-state index in [2.05, 4.69) is 43.8 Å². The van der Waals surface area contributed by atoms with Crippen molar-refractivity contribution in [2.75, 3.05) is 5.73 Å². The number of nitrogens with two attached hydrogens (primary N) is 1. The molecular weight excluding hydrogens is 261 g/mol. The summed E-state index contributed by atoms with van der Waals surface area (Å²) < 4.78 is 0. The van der Waals surface area contributed by atoms with Gasteiger partial charge in [0.15, 0.2) is 0 Å². The Morgan fingerprint density at radius 3 is 2.60 bits per heavy atom. The third-order valence-corrected chi connectivity index (χ3v) is 4.68. The number of anilines is 1. The Morgan fingerprint density at radius 1 is 1.00 bits per heavy atom. The molecule has 0 saturated heterocycles. The number of fused-ring (bicyclic) bond motifs is 2. The minimum Gasteiger partial charge on any atom is -0.399 e. The van der Waals surface area contributed by atoms with Crippen molar-refractivity contribution < 1.29 is 0 Å². The molecule has 1 radical (unpaired) electrons. The molecule has 0 saturated carbocycles. The Bertz CT molecular complexity index is 811. The fourth-order valence-electron chi connectivity index (χ4n) is 2.71. The molecule has 0 fully saturated rings. The van der Waals surface area contributed by atoms with Crippen LogP contribution in [0.25, 0.3) is 21.5 Å². The number of nitrogen functional groups attached to an aromatic ring is 1. The second kappa shape index (κ2) is 5.06. The zero-order valence-corrected chi connectivity index (χ0v) is 12.8. The van der Waals surface area contributed by atoms with Gasteiger partial charge >= 0.3 is 0 Å². The van der Waals surface area contributed by atoms with E-state index in [1.807, 2.05) is 31.5 Å². The molecule has 0 unspecified atom stereocenters. The first-order valence-corrected chi connectivity index (χ1v) is 7.87. The van der Waals surface area contributed by atoms with Crippen molar-refractivity contribution in [3.05, 3.63) is 42.0 Å². The van der Waals surface area contributed by atoms with Crippen LogP contribution in [0.3, 0.4) is 0 Å². The van der Waals surface area contributed by atoms with Crippen molar-refractivity contribution >= 4 is 50.9 Å². The lowest BCUT2D eigenvalue weighted by Crippen LogP contribution is -2.06. The standard InChI is InChI=1S/C15H11BNS.C2H6/c1-8-2-5-13-14-11(8)6-9-3-4-10(17)7-12(9)15(14)18-16-13;1-2/h2-7H,17H2,1H3;1-2H3. The third-order valence-electron chi connectivity index (χ3n) is 3.65. The SMILES string of the molecule is CC.Cc1ccc2c3c(c4cc(N)ccc4cc13)S[B]2. The second-order valence-electron chi connectivity index (χ2n) is 4.82. The highest BCUT2D eigenvalue weighted by Gasteiger charge is 2.19. The highest BCUT2D eigenvalue weighted by atomic mass is 32.2. The molecule has 0 aromatic heterocycles. The van der Waals surface area contributed by atoms with E-state index in [1.165, 1.54) is 37.5 Å². The molecule has 1 heterocycles. The molecule has 1 nitrogen and oxygen atoms in total. The Morgan fingerprint density at radius 2 is 1.80 bits per heavy atom. The number of hydrogen-bond acceptors (Lipinski definition) is 2. The summed E-state index contributed by atoms with van der Waals surface area (Å²) in [5.74, 6) is 0. The van der Waals surface area contributed by atoms with Crippen LogP contribution in [0.5, 0.6) is 0 Å². The van der Waals surface area contributed by atoms with Gasteiger partial charge in [-0.25, -0.2) is 0 Å². The van der Waals surface area contributed by atoms with Gasteiger partial charge in [-0.2, -0.15) is 11.6 Å². The fourth-order valence-corrected chi connectivity index (χ4v) is 3.80. The van der Waals surface area contributed by atoms with Crippen molar-refractivity contribution in [2.45, 2.75) is 25.7 Å². The van der Waals surface area contributed by atoms with E-state index in [9.17, 15) is 0 Å². The summed E-state index contributed by atoms with van der Waals surface area (Å²) in [6.45, 7) is 8.41. The zero-order chi connectivity index (χ0) is 14.3. The average molecular weight is 278 g/mol. The summed E-state index contributed by atoms with van der Waals surface area (Å²) in [6, 6.07) is 12.9. The maximum Gasteiger partial charge on any atom is 0.237 e. The van der Waals surface area contributed by atoms with E-state index >= 15 is 0 Å². The summed E-state index contributed by atoms with van der Waals surface area (Å²) >= 11 is 1.81. The lowest BCUT2D eigenvalue weighted by atomic mass is 9.86. The summed E-state index contributed by atoms with van der Waals surface area (Å²) in [5.41, 5.74) is 9.42. The van der Waals surface area contributed by atoms with Crippen LogP contribution in [0.15, 0.2) is 41.3 Å². The number of hydrogen-bond donors (Lipinski definition) is 1.